The Kier molecular flexibility index (Phi) is 9.06. The molecule has 4 rings (SSSR count). The molecule has 1 saturated heterocycles. The van der Waals surface area contributed by atoms with Gasteiger partial charge in [0.2, 0.25) is 0 Å². The highest BCUT2D eigenvalue weighted by atomic mass is 16.5. The summed E-state index contributed by atoms with van der Waals surface area (Å²) in [6.07, 6.45) is 3.89. The summed E-state index contributed by atoms with van der Waals surface area (Å²) < 4.78 is 12.8. The van der Waals surface area contributed by atoms with E-state index >= 15 is 0 Å². The summed E-state index contributed by atoms with van der Waals surface area (Å²) >= 11 is 0. The van der Waals surface area contributed by atoms with Gasteiger partial charge in [0.15, 0.2) is 6.61 Å². The molecule has 4 nitrogen and oxygen atoms in total. The lowest BCUT2D eigenvalue weighted by Gasteiger charge is -2.43. The largest absolute Gasteiger partial charge is 0.482 e. The summed E-state index contributed by atoms with van der Waals surface area (Å²) in [4.78, 5) is 11.3. The van der Waals surface area contributed by atoms with Gasteiger partial charge in [-0.05, 0) is 67.5 Å². The van der Waals surface area contributed by atoms with Gasteiger partial charge in [-0.2, -0.15) is 0 Å². The molecule has 0 spiro atoms. The van der Waals surface area contributed by atoms with E-state index in [0.29, 0.717) is 5.75 Å². The number of rotatable bonds is 10. The molecular weight excluding hydrogens is 472 g/mol. The Balaban J connectivity index is 1.70. The van der Waals surface area contributed by atoms with E-state index in [1.54, 1.807) is 0 Å². The fraction of sp³-hybridized carbons (Fsp3) is 0.382. The van der Waals surface area contributed by atoms with Crippen molar-refractivity contribution in [1.29, 1.82) is 0 Å². The molecule has 38 heavy (non-hydrogen) atoms. The fourth-order valence-electron chi connectivity index (χ4n) is 5.80. The molecule has 3 aromatic carbocycles. The Morgan fingerprint density at radius 2 is 1.74 bits per heavy atom. The first-order valence-corrected chi connectivity index (χ1v) is 13.7. The van der Waals surface area contributed by atoms with Crippen molar-refractivity contribution in [1.82, 2.24) is 0 Å². The predicted molar refractivity (Wildman–Crippen MR) is 154 cm³/mol. The number of hydrogen-bond acceptors (Lipinski definition) is 3. The van der Waals surface area contributed by atoms with Crippen LogP contribution in [-0.4, -0.2) is 23.8 Å². The van der Waals surface area contributed by atoms with Crippen molar-refractivity contribution in [2.75, 3.05) is 6.61 Å². The molecule has 1 heterocycles. The minimum absolute atomic E-state index is 0.0474. The lowest BCUT2D eigenvalue weighted by Crippen LogP contribution is -2.36. The van der Waals surface area contributed by atoms with Crippen molar-refractivity contribution in [3.8, 4) is 16.9 Å². The molecule has 0 amide bonds. The van der Waals surface area contributed by atoms with Crippen LogP contribution in [0.3, 0.4) is 0 Å². The second-order valence-electron chi connectivity index (χ2n) is 10.7. The summed E-state index contributed by atoms with van der Waals surface area (Å²) in [5.74, 6) is -0.0595. The zero-order valence-corrected chi connectivity index (χ0v) is 23.1. The van der Waals surface area contributed by atoms with E-state index in [4.69, 9.17) is 9.47 Å². The lowest BCUT2D eigenvalue weighted by atomic mass is 9.74. The van der Waals surface area contributed by atoms with E-state index in [2.05, 4.69) is 81.9 Å². The van der Waals surface area contributed by atoms with Crippen LogP contribution in [0.1, 0.15) is 73.8 Å². The summed E-state index contributed by atoms with van der Waals surface area (Å²) in [5, 5.41) is 9.28. The molecule has 1 aliphatic heterocycles. The minimum atomic E-state index is -0.990. The first kappa shape index (κ1) is 27.7. The normalized spacial score (nSPS) is 21.2. The molecule has 0 unspecified atom stereocenters. The Hall–Kier alpha value is -3.37. The van der Waals surface area contributed by atoms with E-state index < -0.39 is 5.97 Å². The summed E-state index contributed by atoms with van der Waals surface area (Å²) in [5.41, 5.74) is 7.82. The number of hydrogen-bond donors (Lipinski definition) is 1. The van der Waals surface area contributed by atoms with E-state index in [-0.39, 0.29) is 30.7 Å². The molecule has 1 fully saturated rings. The number of carbonyl (C=O) groups is 1. The SMILES string of the molecule is C=C(C)[C@@H]1C[C@@H](c2ccc(-c3ccccc3)cc2)[C@@H](CCCC)O[C@H]1c1c(C)cc(C)cc1OCC(=O)O. The number of ether oxygens (including phenoxy) is 2. The van der Waals surface area contributed by atoms with Gasteiger partial charge in [-0.3, -0.25) is 0 Å². The van der Waals surface area contributed by atoms with Gasteiger partial charge in [-0.15, -0.1) is 0 Å². The quantitative estimate of drug-likeness (QED) is 0.277. The Morgan fingerprint density at radius 1 is 1.05 bits per heavy atom. The maximum absolute atomic E-state index is 11.3. The topological polar surface area (TPSA) is 55.8 Å². The molecule has 200 valence electrons. The summed E-state index contributed by atoms with van der Waals surface area (Å²) in [7, 11) is 0. The number of carboxylic acid groups (broad SMARTS) is 1. The van der Waals surface area contributed by atoms with Crippen molar-refractivity contribution >= 4 is 5.97 Å². The Bertz CT molecular complexity index is 1250. The zero-order chi connectivity index (χ0) is 27.2. The monoisotopic (exact) mass is 512 g/mol. The second kappa shape index (κ2) is 12.4. The zero-order valence-electron chi connectivity index (χ0n) is 23.1. The standard InChI is InChI=1S/C34H40O4/c1-6-7-13-30-29(27-16-14-26(15-17-27)25-11-9-8-10-12-25)20-28(22(2)3)34(38-30)33-24(5)18-23(4)19-31(33)37-21-32(35)36/h8-12,14-19,28-30,34H,2,6-7,13,20-21H2,1,3-5H3,(H,35,36)/t28-,29-,30+,34+/m0/s1. The van der Waals surface area contributed by atoms with Crippen molar-refractivity contribution in [2.24, 2.45) is 5.92 Å². The number of aryl methyl sites for hydroxylation is 2. The molecule has 3 aromatic rings. The highest BCUT2D eigenvalue weighted by Crippen LogP contribution is 2.50. The van der Waals surface area contributed by atoms with E-state index in [0.717, 1.165) is 47.9 Å². The van der Waals surface area contributed by atoms with Crippen LogP contribution in [0, 0.1) is 19.8 Å². The molecule has 0 saturated carbocycles. The Morgan fingerprint density at radius 3 is 2.37 bits per heavy atom. The average molecular weight is 513 g/mol. The fourth-order valence-corrected chi connectivity index (χ4v) is 5.80. The van der Waals surface area contributed by atoms with Crippen molar-refractivity contribution in [3.05, 3.63) is 101 Å². The van der Waals surface area contributed by atoms with Crippen molar-refractivity contribution in [2.45, 2.75) is 71.5 Å². The molecule has 0 radical (unpaired) electrons. The third-order valence-corrected chi connectivity index (χ3v) is 7.69. The van der Waals surface area contributed by atoms with Gasteiger partial charge in [0.1, 0.15) is 5.75 Å². The summed E-state index contributed by atoms with van der Waals surface area (Å²) in [6, 6.07) is 23.4. The number of benzene rings is 3. The second-order valence-corrected chi connectivity index (χ2v) is 10.7. The van der Waals surface area contributed by atoms with Crippen LogP contribution >= 0.6 is 0 Å². The molecule has 1 N–H and O–H groups in total. The Labute approximate surface area is 227 Å². The molecule has 0 aliphatic carbocycles. The maximum Gasteiger partial charge on any atom is 0.341 e. The predicted octanol–water partition coefficient (Wildman–Crippen LogP) is 8.43. The van der Waals surface area contributed by atoms with Gasteiger partial charge in [-0.25, -0.2) is 4.79 Å². The van der Waals surface area contributed by atoms with Crippen LogP contribution in [0.5, 0.6) is 5.75 Å². The van der Waals surface area contributed by atoms with Crippen LogP contribution in [0.25, 0.3) is 11.1 Å². The third-order valence-electron chi connectivity index (χ3n) is 7.69. The molecule has 4 heteroatoms. The van der Waals surface area contributed by atoms with Gasteiger partial charge >= 0.3 is 5.97 Å². The molecule has 0 bridgehead atoms. The highest BCUT2D eigenvalue weighted by molar-refractivity contribution is 5.68. The number of aliphatic carboxylic acids is 1. The first-order valence-electron chi connectivity index (χ1n) is 13.7. The molecule has 1 aliphatic rings. The van der Waals surface area contributed by atoms with Gasteiger partial charge in [0.25, 0.3) is 0 Å². The number of unbranched alkanes of at least 4 members (excludes halogenated alkanes) is 1. The van der Waals surface area contributed by atoms with Crippen LogP contribution in [0.2, 0.25) is 0 Å². The van der Waals surface area contributed by atoms with Gasteiger partial charge in [0.05, 0.1) is 12.2 Å². The van der Waals surface area contributed by atoms with Crippen LogP contribution in [0.15, 0.2) is 78.9 Å². The lowest BCUT2D eigenvalue weighted by molar-refractivity contribution is -0.139. The smallest absolute Gasteiger partial charge is 0.341 e. The average Bonchev–Trinajstić information content (AvgIpc) is 2.90. The van der Waals surface area contributed by atoms with Crippen LogP contribution in [0.4, 0.5) is 0 Å². The van der Waals surface area contributed by atoms with Gasteiger partial charge < -0.3 is 14.6 Å². The van der Waals surface area contributed by atoms with Crippen molar-refractivity contribution < 1.29 is 19.4 Å². The molecule has 4 atom stereocenters. The van der Waals surface area contributed by atoms with Crippen LogP contribution in [-0.2, 0) is 9.53 Å². The summed E-state index contributed by atoms with van der Waals surface area (Å²) in [6.45, 7) is 12.3. The maximum atomic E-state index is 11.3. The van der Waals surface area contributed by atoms with Gasteiger partial charge in [-0.1, -0.05) is 92.6 Å². The van der Waals surface area contributed by atoms with E-state index in [1.165, 1.54) is 16.7 Å². The third kappa shape index (κ3) is 6.36. The minimum Gasteiger partial charge on any atom is -0.482 e. The van der Waals surface area contributed by atoms with Crippen molar-refractivity contribution in [3.63, 3.8) is 0 Å². The van der Waals surface area contributed by atoms with Crippen LogP contribution < -0.4 is 4.74 Å². The van der Waals surface area contributed by atoms with E-state index in [9.17, 15) is 9.90 Å². The van der Waals surface area contributed by atoms with E-state index in [1.807, 2.05) is 19.1 Å². The highest BCUT2D eigenvalue weighted by Gasteiger charge is 2.41. The number of carboxylic acids is 1. The first-order chi connectivity index (χ1) is 18.3. The van der Waals surface area contributed by atoms with Gasteiger partial charge in [0, 0.05) is 17.4 Å². The molecule has 0 aromatic heterocycles. The molecular formula is C34H40O4.